The molecule has 1 unspecified atom stereocenters. The Morgan fingerprint density at radius 1 is 1.57 bits per heavy atom. The number of anilines is 2. The number of carbonyl (C=O) groups is 1. The average Bonchev–Trinajstić information content (AvgIpc) is 2.87. The molecule has 1 aliphatic rings. The number of likely N-dealkylation sites (tertiary alicyclic amines) is 1. The first-order valence-corrected chi connectivity index (χ1v) is 8.19. The number of carbonyl (C=O) groups excluding carboxylic acids is 1. The molecule has 2 heterocycles. The quantitative estimate of drug-likeness (QED) is 0.898. The maximum absolute atomic E-state index is 12.6. The van der Waals surface area contributed by atoms with E-state index < -0.39 is 0 Å². The van der Waals surface area contributed by atoms with E-state index in [-0.39, 0.29) is 12.0 Å². The topological polar surface area (TPSA) is 71.7 Å². The van der Waals surface area contributed by atoms with E-state index in [2.05, 4.69) is 11.9 Å². The summed E-state index contributed by atoms with van der Waals surface area (Å²) < 4.78 is 5.78. The van der Waals surface area contributed by atoms with Crippen LogP contribution in [0, 0.1) is 0 Å². The molecule has 1 aromatic heterocycles. The van der Waals surface area contributed by atoms with Gasteiger partial charge in [-0.05, 0) is 19.3 Å². The highest BCUT2D eigenvalue weighted by Crippen LogP contribution is 2.29. The monoisotopic (exact) mass is 312 g/mol. The molecule has 1 atom stereocenters. The molecule has 118 valence electrons. The van der Waals surface area contributed by atoms with Crippen LogP contribution in [0.5, 0.6) is 0 Å². The lowest BCUT2D eigenvalue weighted by atomic mass is 10.1. The summed E-state index contributed by atoms with van der Waals surface area (Å²) in [5, 5.41) is 0.756. The minimum atomic E-state index is -0.0251. The number of hydrogen-bond acceptors (Lipinski definition) is 6. The minimum absolute atomic E-state index is 0.0251. The smallest absolute Gasteiger partial charge is 0.267 e. The van der Waals surface area contributed by atoms with Crippen LogP contribution in [-0.4, -0.2) is 55.7 Å². The number of piperidine rings is 1. The first-order chi connectivity index (χ1) is 10.0. The fourth-order valence-electron chi connectivity index (χ4n) is 2.35. The highest BCUT2D eigenvalue weighted by molar-refractivity contribution is 7.18. The molecule has 0 aromatic carbocycles. The van der Waals surface area contributed by atoms with Gasteiger partial charge in [-0.15, -0.1) is 0 Å². The molecular formula is C14H24N4O2S. The Kier molecular flexibility index (Phi) is 5.41. The maximum Gasteiger partial charge on any atom is 0.267 e. The van der Waals surface area contributed by atoms with Crippen molar-refractivity contribution < 1.29 is 9.53 Å². The van der Waals surface area contributed by atoms with Gasteiger partial charge in [0.25, 0.3) is 5.91 Å². The number of thiazole rings is 1. The van der Waals surface area contributed by atoms with E-state index >= 15 is 0 Å². The maximum atomic E-state index is 12.6. The van der Waals surface area contributed by atoms with E-state index in [1.165, 1.54) is 11.3 Å². The first kappa shape index (κ1) is 16.0. The number of nitrogens with two attached hydrogens (primary N) is 1. The van der Waals surface area contributed by atoms with Gasteiger partial charge in [-0.1, -0.05) is 18.3 Å². The SMILES string of the molecule is CCCOC1CCCN(C(=O)c2sc(N(C)C)nc2N)C1. The number of rotatable bonds is 5. The Morgan fingerprint density at radius 3 is 2.95 bits per heavy atom. The number of amides is 1. The van der Waals surface area contributed by atoms with Gasteiger partial charge in [0.1, 0.15) is 10.7 Å². The van der Waals surface area contributed by atoms with Crippen molar-refractivity contribution in [2.24, 2.45) is 0 Å². The van der Waals surface area contributed by atoms with Gasteiger partial charge < -0.3 is 20.3 Å². The van der Waals surface area contributed by atoms with Crippen LogP contribution in [0.25, 0.3) is 0 Å². The van der Waals surface area contributed by atoms with Gasteiger partial charge in [0.05, 0.1) is 6.10 Å². The standard InChI is InChI=1S/C14H24N4O2S/c1-4-8-20-10-6-5-7-18(9-10)13(19)11-12(15)16-14(21-11)17(2)3/h10H,4-9,15H2,1-3H3. The normalized spacial score (nSPS) is 18.8. The summed E-state index contributed by atoms with van der Waals surface area (Å²) >= 11 is 1.35. The molecule has 0 aliphatic carbocycles. The average molecular weight is 312 g/mol. The molecule has 2 rings (SSSR count). The van der Waals surface area contributed by atoms with Gasteiger partial charge in [-0.2, -0.15) is 0 Å². The molecule has 1 aromatic rings. The van der Waals surface area contributed by atoms with Crippen LogP contribution < -0.4 is 10.6 Å². The van der Waals surface area contributed by atoms with Crippen molar-refractivity contribution in [3.05, 3.63) is 4.88 Å². The fraction of sp³-hybridized carbons (Fsp3) is 0.714. The summed E-state index contributed by atoms with van der Waals surface area (Å²) in [7, 11) is 3.78. The van der Waals surface area contributed by atoms with Gasteiger partial charge in [0.15, 0.2) is 5.13 Å². The highest BCUT2D eigenvalue weighted by atomic mass is 32.1. The Labute approximate surface area is 129 Å². The van der Waals surface area contributed by atoms with Crippen molar-refractivity contribution in [3.63, 3.8) is 0 Å². The molecule has 1 saturated heterocycles. The van der Waals surface area contributed by atoms with Crippen molar-refractivity contribution in [1.82, 2.24) is 9.88 Å². The number of ether oxygens (including phenoxy) is 1. The number of nitrogens with zero attached hydrogens (tertiary/aromatic N) is 3. The van der Waals surface area contributed by atoms with E-state index in [1.54, 1.807) is 0 Å². The largest absolute Gasteiger partial charge is 0.382 e. The summed E-state index contributed by atoms with van der Waals surface area (Å²) in [6.07, 6.45) is 3.13. The van der Waals surface area contributed by atoms with Crippen LogP contribution in [0.1, 0.15) is 35.9 Å². The van der Waals surface area contributed by atoms with E-state index in [4.69, 9.17) is 10.5 Å². The molecule has 2 N–H and O–H groups in total. The van der Waals surface area contributed by atoms with Crippen molar-refractivity contribution in [2.75, 3.05) is 44.4 Å². The predicted molar refractivity (Wildman–Crippen MR) is 86.0 cm³/mol. The van der Waals surface area contributed by atoms with Crippen LogP contribution >= 0.6 is 11.3 Å². The Balaban J connectivity index is 2.05. The Hall–Kier alpha value is -1.34. The zero-order valence-electron chi connectivity index (χ0n) is 13.0. The molecule has 1 fully saturated rings. The second-order valence-electron chi connectivity index (χ2n) is 5.49. The third kappa shape index (κ3) is 3.85. The summed E-state index contributed by atoms with van der Waals surface area (Å²) in [6.45, 7) is 4.25. The summed E-state index contributed by atoms with van der Waals surface area (Å²) in [6, 6.07) is 0. The fourth-order valence-corrected chi connectivity index (χ4v) is 3.23. The molecule has 1 aliphatic heterocycles. The minimum Gasteiger partial charge on any atom is -0.382 e. The summed E-state index contributed by atoms with van der Waals surface area (Å²) in [4.78, 5) is 21.1. The molecular weight excluding hydrogens is 288 g/mol. The van der Waals surface area contributed by atoms with Gasteiger partial charge in [0, 0.05) is 33.8 Å². The number of hydrogen-bond donors (Lipinski definition) is 1. The van der Waals surface area contributed by atoms with E-state index in [0.29, 0.717) is 17.2 Å². The Morgan fingerprint density at radius 2 is 2.33 bits per heavy atom. The third-order valence-corrected chi connectivity index (χ3v) is 4.67. The van der Waals surface area contributed by atoms with Crippen LogP contribution in [0.3, 0.4) is 0 Å². The lowest BCUT2D eigenvalue weighted by Gasteiger charge is -2.32. The zero-order chi connectivity index (χ0) is 15.4. The molecule has 0 saturated carbocycles. The lowest BCUT2D eigenvalue weighted by molar-refractivity contribution is 0.00229. The van der Waals surface area contributed by atoms with E-state index in [0.717, 1.165) is 37.5 Å². The Bertz CT molecular complexity index is 489. The molecule has 0 spiro atoms. The van der Waals surface area contributed by atoms with Crippen LogP contribution in [0.4, 0.5) is 10.9 Å². The summed E-state index contributed by atoms with van der Waals surface area (Å²) in [5.41, 5.74) is 5.90. The molecule has 1 amide bonds. The van der Waals surface area contributed by atoms with Crippen molar-refractivity contribution in [2.45, 2.75) is 32.3 Å². The van der Waals surface area contributed by atoms with Crippen molar-refractivity contribution >= 4 is 28.2 Å². The molecule has 7 heteroatoms. The molecule has 0 radical (unpaired) electrons. The van der Waals surface area contributed by atoms with E-state index in [9.17, 15) is 4.79 Å². The van der Waals surface area contributed by atoms with Crippen LogP contribution in [0.15, 0.2) is 0 Å². The molecule has 6 nitrogen and oxygen atoms in total. The highest BCUT2D eigenvalue weighted by Gasteiger charge is 2.28. The van der Waals surface area contributed by atoms with E-state index in [1.807, 2.05) is 23.9 Å². The van der Waals surface area contributed by atoms with Crippen LogP contribution in [0.2, 0.25) is 0 Å². The van der Waals surface area contributed by atoms with Gasteiger partial charge in [-0.3, -0.25) is 4.79 Å². The number of nitrogen functional groups attached to an aromatic ring is 1. The first-order valence-electron chi connectivity index (χ1n) is 7.37. The molecule has 21 heavy (non-hydrogen) atoms. The van der Waals surface area contributed by atoms with Gasteiger partial charge >= 0.3 is 0 Å². The molecule has 0 bridgehead atoms. The number of aromatic nitrogens is 1. The zero-order valence-corrected chi connectivity index (χ0v) is 13.8. The predicted octanol–water partition coefficient (Wildman–Crippen LogP) is 1.82. The van der Waals surface area contributed by atoms with Gasteiger partial charge in [0.2, 0.25) is 0 Å². The van der Waals surface area contributed by atoms with Crippen molar-refractivity contribution in [1.29, 1.82) is 0 Å². The van der Waals surface area contributed by atoms with Gasteiger partial charge in [-0.25, -0.2) is 4.98 Å². The second-order valence-corrected chi connectivity index (χ2v) is 6.47. The van der Waals surface area contributed by atoms with Crippen LogP contribution in [-0.2, 0) is 4.74 Å². The lowest BCUT2D eigenvalue weighted by Crippen LogP contribution is -2.43. The second kappa shape index (κ2) is 7.09. The van der Waals surface area contributed by atoms with Crippen molar-refractivity contribution in [3.8, 4) is 0 Å². The third-order valence-electron chi connectivity index (χ3n) is 3.44. The summed E-state index contributed by atoms with van der Waals surface area (Å²) in [5.74, 6) is 0.299.